The first-order valence-electron chi connectivity index (χ1n) is 7.62. The van der Waals surface area contributed by atoms with Gasteiger partial charge in [-0.3, -0.25) is 19.2 Å². The molecule has 0 saturated heterocycles. The first-order valence-corrected chi connectivity index (χ1v) is 7.62. The van der Waals surface area contributed by atoms with Crippen molar-refractivity contribution in [2.24, 2.45) is 16.7 Å². The predicted octanol–water partition coefficient (Wildman–Crippen LogP) is 0.728. The van der Waals surface area contributed by atoms with Gasteiger partial charge in [0.25, 0.3) is 0 Å². The standard InChI is InChI=1S/C16H21NO6/c1-5-22-13(20)16(14(21)23-6-2)8-11(18)15(4)10(16)7-9(3)17-12(15)19/h7,10H,5-6,8H2,1-4H3,(H,17,19)/t10-,15-/m0/s1. The maximum Gasteiger partial charge on any atom is 0.324 e. The number of hydrogen-bond donors (Lipinski definition) is 1. The van der Waals surface area contributed by atoms with Crippen molar-refractivity contribution in [2.75, 3.05) is 13.2 Å². The molecule has 0 unspecified atom stereocenters. The van der Waals surface area contributed by atoms with Gasteiger partial charge in [0.1, 0.15) is 5.41 Å². The molecule has 1 fully saturated rings. The summed E-state index contributed by atoms with van der Waals surface area (Å²) in [6.07, 6.45) is 1.18. The highest BCUT2D eigenvalue weighted by Gasteiger charge is 2.71. The summed E-state index contributed by atoms with van der Waals surface area (Å²) in [4.78, 5) is 50.2. The van der Waals surface area contributed by atoms with E-state index in [0.717, 1.165) is 0 Å². The second-order valence-corrected chi connectivity index (χ2v) is 6.00. The van der Waals surface area contributed by atoms with Crippen LogP contribution in [-0.4, -0.2) is 36.8 Å². The fourth-order valence-electron chi connectivity index (χ4n) is 3.39. The van der Waals surface area contributed by atoms with Gasteiger partial charge < -0.3 is 14.8 Å². The largest absolute Gasteiger partial charge is 0.465 e. The van der Waals surface area contributed by atoms with Gasteiger partial charge in [0.05, 0.1) is 13.2 Å². The zero-order valence-corrected chi connectivity index (χ0v) is 13.7. The van der Waals surface area contributed by atoms with Crippen LogP contribution < -0.4 is 5.32 Å². The lowest BCUT2D eigenvalue weighted by Gasteiger charge is -2.37. The van der Waals surface area contributed by atoms with Crippen molar-refractivity contribution in [1.29, 1.82) is 0 Å². The highest BCUT2D eigenvalue weighted by atomic mass is 16.6. The molecular formula is C16H21NO6. The molecule has 126 valence electrons. The van der Waals surface area contributed by atoms with Crippen LogP contribution in [0.5, 0.6) is 0 Å². The van der Waals surface area contributed by atoms with E-state index in [4.69, 9.17) is 9.47 Å². The summed E-state index contributed by atoms with van der Waals surface area (Å²) < 4.78 is 10.1. The molecule has 1 saturated carbocycles. The number of esters is 2. The molecule has 7 nitrogen and oxygen atoms in total. The summed E-state index contributed by atoms with van der Waals surface area (Å²) in [6, 6.07) is 0. The molecule has 0 aromatic carbocycles. The Morgan fingerprint density at radius 2 is 1.74 bits per heavy atom. The molecule has 0 radical (unpaired) electrons. The molecule has 0 spiro atoms. The van der Waals surface area contributed by atoms with Crippen LogP contribution in [0.2, 0.25) is 0 Å². The molecule has 2 atom stereocenters. The number of allylic oxidation sites excluding steroid dienone is 2. The summed E-state index contributed by atoms with van der Waals surface area (Å²) in [5.41, 5.74) is -2.80. The van der Waals surface area contributed by atoms with Crippen LogP contribution in [-0.2, 0) is 28.7 Å². The van der Waals surface area contributed by atoms with Crippen molar-refractivity contribution >= 4 is 23.6 Å². The number of ketones is 1. The number of hydrogen-bond acceptors (Lipinski definition) is 6. The highest BCUT2D eigenvalue weighted by Crippen LogP contribution is 2.55. The Morgan fingerprint density at radius 3 is 2.22 bits per heavy atom. The van der Waals surface area contributed by atoms with Gasteiger partial charge in [0.15, 0.2) is 11.2 Å². The Balaban J connectivity index is 2.65. The Morgan fingerprint density at radius 1 is 1.22 bits per heavy atom. The normalized spacial score (nSPS) is 28.5. The van der Waals surface area contributed by atoms with Crippen molar-refractivity contribution < 1.29 is 28.7 Å². The Hall–Kier alpha value is -2.18. The number of amides is 1. The molecule has 7 heteroatoms. The lowest BCUT2D eigenvalue weighted by atomic mass is 9.67. The summed E-state index contributed by atoms with van der Waals surface area (Å²) >= 11 is 0. The Bertz CT molecular complexity index is 590. The van der Waals surface area contributed by atoms with Gasteiger partial charge in [-0.05, 0) is 27.7 Å². The molecule has 1 aliphatic carbocycles. The number of carbonyl (C=O) groups is 4. The van der Waals surface area contributed by atoms with Crippen molar-refractivity contribution in [2.45, 2.75) is 34.1 Å². The lowest BCUT2D eigenvalue weighted by molar-refractivity contribution is -0.175. The van der Waals surface area contributed by atoms with E-state index in [1.54, 1.807) is 26.8 Å². The van der Waals surface area contributed by atoms with E-state index in [1.807, 2.05) is 0 Å². The van der Waals surface area contributed by atoms with Gasteiger partial charge in [-0.15, -0.1) is 0 Å². The second-order valence-electron chi connectivity index (χ2n) is 6.00. The third kappa shape index (κ3) is 2.26. The van der Waals surface area contributed by atoms with E-state index in [9.17, 15) is 19.2 Å². The minimum absolute atomic E-state index is 0.0620. The molecule has 0 aromatic rings. The van der Waals surface area contributed by atoms with Gasteiger partial charge in [-0.25, -0.2) is 0 Å². The predicted molar refractivity (Wildman–Crippen MR) is 78.8 cm³/mol. The van der Waals surface area contributed by atoms with Crippen LogP contribution in [0.1, 0.15) is 34.1 Å². The average molecular weight is 323 g/mol. The van der Waals surface area contributed by atoms with E-state index < -0.39 is 46.8 Å². The molecule has 23 heavy (non-hydrogen) atoms. The number of ether oxygens (including phenoxy) is 2. The molecule has 0 bridgehead atoms. The van der Waals surface area contributed by atoms with E-state index >= 15 is 0 Å². The highest BCUT2D eigenvalue weighted by molar-refractivity contribution is 6.17. The van der Waals surface area contributed by atoms with Crippen LogP contribution in [0.25, 0.3) is 0 Å². The third-order valence-electron chi connectivity index (χ3n) is 4.65. The molecule has 2 rings (SSSR count). The summed E-state index contributed by atoms with van der Waals surface area (Å²) in [7, 11) is 0. The first kappa shape index (κ1) is 17.2. The van der Waals surface area contributed by atoms with E-state index in [-0.39, 0.29) is 13.2 Å². The number of carbonyl (C=O) groups excluding carboxylic acids is 4. The van der Waals surface area contributed by atoms with E-state index in [2.05, 4.69) is 5.32 Å². The summed E-state index contributed by atoms with van der Waals surface area (Å²) in [5, 5.41) is 2.60. The fourth-order valence-corrected chi connectivity index (χ4v) is 3.39. The fraction of sp³-hybridized carbons (Fsp3) is 0.625. The monoisotopic (exact) mass is 323 g/mol. The van der Waals surface area contributed by atoms with Crippen LogP contribution in [0.3, 0.4) is 0 Å². The third-order valence-corrected chi connectivity index (χ3v) is 4.65. The minimum Gasteiger partial charge on any atom is -0.465 e. The molecule has 1 heterocycles. The number of nitrogens with one attached hydrogen (secondary N) is 1. The minimum atomic E-state index is -1.81. The molecule has 2 aliphatic rings. The number of Topliss-reactive ketones (excluding diaryl/α,β-unsaturated/α-hetero) is 1. The molecular weight excluding hydrogens is 302 g/mol. The molecule has 0 aromatic heterocycles. The van der Waals surface area contributed by atoms with Gasteiger partial charge in [-0.2, -0.15) is 0 Å². The van der Waals surface area contributed by atoms with Crippen LogP contribution in [0.4, 0.5) is 0 Å². The molecule has 1 amide bonds. The Labute approximate surface area is 134 Å². The second kappa shape index (κ2) is 5.79. The van der Waals surface area contributed by atoms with Crippen LogP contribution in [0.15, 0.2) is 11.8 Å². The van der Waals surface area contributed by atoms with Crippen molar-refractivity contribution in [1.82, 2.24) is 5.32 Å². The zero-order chi connectivity index (χ0) is 17.4. The SMILES string of the molecule is CCOC(=O)C1(C(=O)OCC)CC(=O)[C@@]2(C)C(=O)NC(C)=C[C@H]12. The topological polar surface area (TPSA) is 98.8 Å². The maximum atomic E-state index is 12.6. The summed E-state index contributed by atoms with van der Waals surface area (Å²) in [5.74, 6) is -3.54. The summed E-state index contributed by atoms with van der Waals surface area (Å²) in [6.45, 7) is 6.45. The number of rotatable bonds is 4. The van der Waals surface area contributed by atoms with Crippen molar-refractivity contribution in [3.05, 3.63) is 11.8 Å². The maximum absolute atomic E-state index is 12.6. The lowest BCUT2D eigenvalue weighted by Crippen LogP contribution is -2.53. The Kier molecular flexibility index (Phi) is 4.32. The van der Waals surface area contributed by atoms with Gasteiger partial charge in [-0.1, -0.05) is 6.08 Å². The number of fused-ring (bicyclic) bond motifs is 1. The van der Waals surface area contributed by atoms with Gasteiger partial charge in [0.2, 0.25) is 5.91 Å². The van der Waals surface area contributed by atoms with Gasteiger partial charge in [0, 0.05) is 18.0 Å². The molecule has 1 aliphatic heterocycles. The molecule has 1 N–H and O–H groups in total. The van der Waals surface area contributed by atoms with E-state index in [0.29, 0.717) is 5.70 Å². The quantitative estimate of drug-likeness (QED) is 0.605. The average Bonchev–Trinajstić information content (AvgIpc) is 2.71. The first-order chi connectivity index (χ1) is 10.7. The van der Waals surface area contributed by atoms with Gasteiger partial charge >= 0.3 is 11.9 Å². The van der Waals surface area contributed by atoms with Crippen LogP contribution >= 0.6 is 0 Å². The van der Waals surface area contributed by atoms with E-state index in [1.165, 1.54) is 6.92 Å². The van der Waals surface area contributed by atoms with Crippen molar-refractivity contribution in [3.63, 3.8) is 0 Å². The van der Waals surface area contributed by atoms with Crippen molar-refractivity contribution in [3.8, 4) is 0 Å². The van der Waals surface area contributed by atoms with Crippen LogP contribution in [0, 0.1) is 16.7 Å². The zero-order valence-electron chi connectivity index (χ0n) is 13.7. The smallest absolute Gasteiger partial charge is 0.324 e.